The summed E-state index contributed by atoms with van der Waals surface area (Å²) >= 11 is 0. The van der Waals surface area contributed by atoms with E-state index < -0.39 is 8.07 Å². The topological polar surface area (TPSA) is 4.93 Å². The SMILES string of the molecule is CC[Si](CC)C1CC[Si](CC)(CC)c2c1c1ccccc1n2C. The van der Waals surface area contributed by atoms with Crippen LogP contribution >= 0.6 is 0 Å². The highest BCUT2D eigenvalue weighted by molar-refractivity contribution is 6.92. The fourth-order valence-corrected chi connectivity index (χ4v) is 13.0. The van der Waals surface area contributed by atoms with Crippen LogP contribution in [-0.4, -0.2) is 21.4 Å². The summed E-state index contributed by atoms with van der Waals surface area (Å²) in [7, 11) is 0.766. The molecule has 3 heteroatoms. The summed E-state index contributed by atoms with van der Waals surface area (Å²) in [6.45, 7) is 9.79. The van der Waals surface area contributed by atoms with E-state index in [1.54, 1.807) is 5.39 Å². The molecule has 0 amide bonds. The molecule has 1 aliphatic heterocycles. The van der Waals surface area contributed by atoms with Crippen molar-refractivity contribution in [1.82, 2.24) is 4.57 Å². The lowest BCUT2D eigenvalue weighted by molar-refractivity contribution is 0.804. The van der Waals surface area contributed by atoms with Crippen molar-refractivity contribution in [3.8, 4) is 0 Å². The molecule has 2 heterocycles. The molecule has 0 bridgehead atoms. The molecule has 2 aromatic rings. The zero-order chi connectivity index (χ0) is 16.6. The minimum absolute atomic E-state index is 0.270. The number of aromatic nitrogens is 1. The second-order valence-electron chi connectivity index (χ2n) is 7.28. The molecule has 0 saturated carbocycles. The van der Waals surface area contributed by atoms with Gasteiger partial charge in [-0.05, 0) is 17.2 Å². The Morgan fingerprint density at radius 3 is 2.35 bits per heavy atom. The maximum Gasteiger partial charge on any atom is 0.107 e. The van der Waals surface area contributed by atoms with Gasteiger partial charge in [0.25, 0.3) is 0 Å². The van der Waals surface area contributed by atoms with Crippen molar-refractivity contribution >= 4 is 33.1 Å². The van der Waals surface area contributed by atoms with Gasteiger partial charge in [-0.3, -0.25) is 0 Å². The van der Waals surface area contributed by atoms with Crippen molar-refractivity contribution in [2.75, 3.05) is 0 Å². The molecule has 23 heavy (non-hydrogen) atoms. The molecule has 1 aromatic heterocycles. The number of rotatable bonds is 5. The van der Waals surface area contributed by atoms with Crippen LogP contribution in [0.4, 0.5) is 0 Å². The molecule has 1 atom stereocenters. The van der Waals surface area contributed by atoms with Crippen LogP contribution in [0.1, 0.15) is 45.2 Å². The summed E-state index contributed by atoms with van der Waals surface area (Å²) in [5.41, 5.74) is 4.17. The number of fused-ring (bicyclic) bond motifs is 3. The number of nitrogens with zero attached hydrogens (tertiary/aromatic N) is 1. The molecular weight excluding hydrogens is 310 g/mol. The van der Waals surface area contributed by atoms with E-state index in [0.717, 1.165) is 5.54 Å². The molecule has 1 aromatic carbocycles. The summed E-state index contributed by atoms with van der Waals surface area (Å²) in [4.78, 5) is 0. The zero-order valence-electron chi connectivity index (χ0n) is 15.6. The van der Waals surface area contributed by atoms with E-state index >= 15 is 0 Å². The second-order valence-corrected chi connectivity index (χ2v) is 15.7. The fourth-order valence-electron chi connectivity index (χ4n) is 5.19. The van der Waals surface area contributed by atoms with Crippen molar-refractivity contribution in [1.29, 1.82) is 0 Å². The summed E-state index contributed by atoms with van der Waals surface area (Å²) in [6.07, 6.45) is 1.48. The summed E-state index contributed by atoms with van der Waals surface area (Å²) < 4.78 is 2.61. The predicted molar refractivity (Wildman–Crippen MR) is 108 cm³/mol. The van der Waals surface area contributed by atoms with Crippen LogP contribution in [-0.2, 0) is 7.05 Å². The van der Waals surface area contributed by atoms with Gasteiger partial charge >= 0.3 is 0 Å². The first-order valence-corrected chi connectivity index (χ1v) is 14.2. The van der Waals surface area contributed by atoms with E-state index in [2.05, 4.69) is 63.6 Å². The number of benzene rings is 1. The normalized spacial score (nSPS) is 20.2. The monoisotopic (exact) mass is 342 g/mol. The Labute approximate surface area is 144 Å². The van der Waals surface area contributed by atoms with Crippen LogP contribution in [0.3, 0.4) is 0 Å². The highest BCUT2D eigenvalue weighted by Crippen LogP contribution is 2.42. The molecule has 0 saturated heterocycles. The average Bonchev–Trinajstić information content (AvgIpc) is 2.91. The fraction of sp³-hybridized carbons (Fsp3) is 0.600. The Bertz CT molecular complexity index is 680. The summed E-state index contributed by atoms with van der Waals surface area (Å²) in [6, 6.07) is 16.4. The van der Waals surface area contributed by atoms with Crippen LogP contribution in [0, 0.1) is 0 Å². The van der Waals surface area contributed by atoms with Gasteiger partial charge in [0.15, 0.2) is 0 Å². The lowest BCUT2D eigenvalue weighted by atomic mass is 10.1. The van der Waals surface area contributed by atoms with Crippen molar-refractivity contribution in [3.63, 3.8) is 0 Å². The van der Waals surface area contributed by atoms with Gasteiger partial charge in [0.05, 0.1) is 8.80 Å². The maximum absolute atomic E-state index is 2.61. The first kappa shape index (κ1) is 17.0. The third kappa shape index (κ3) is 2.47. The van der Waals surface area contributed by atoms with Crippen LogP contribution < -0.4 is 5.32 Å². The molecule has 1 radical (unpaired) electrons. The molecule has 3 rings (SSSR count). The Kier molecular flexibility index (Phi) is 4.89. The van der Waals surface area contributed by atoms with E-state index in [4.69, 9.17) is 0 Å². The quantitative estimate of drug-likeness (QED) is 0.638. The van der Waals surface area contributed by atoms with Crippen molar-refractivity contribution < 1.29 is 0 Å². The van der Waals surface area contributed by atoms with Gasteiger partial charge < -0.3 is 4.57 Å². The number of para-hydroxylation sites is 1. The standard InChI is InChI=1S/C20H32NSi2/c1-6-22(7-2)18-14-15-23(8-3,9-4)20-19(18)16-12-10-11-13-17(16)21(20)5/h10-13,18H,6-9,14-15H2,1-5H3. The van der Waals surface area contributed by atoms with E-state index in [0.29, 0.717) is 0 Å². The van der Waals surface area contributed by atoms with Gasteiger partial charge in [-0.1, -0.05) is 82.5 Å². The molecule has 1 aliphatic rings. The molecule has 0 N–H and O–H groups in total. The van der Waals surface area contributed by atoms with Gasteiger partial charge in [-0.2, -0.15) is 0 Å². The lowest BCUT2D eigenvalue weighted by Gasteiger charge is -2.40. The van der Waals surface area contributed by atoms with Crippen molar-refractivity contribution in [2.45, 2.75) is 69.9 Å². The third-order valence-electron chi connectivity index (χ3n) is 6.66. The smallest absolute Gasteiger partial charge is 0.107 e. The van der Waals surface area contributed by atoms with Crippen LogP contribution in [0.5, 0.6) is 0 Å². The van der Waals surface area contributed by atoms with Crippen LogP contribution in [0.15, 0.2) is 24.3 Å². The Balaban J connectivity index is 2.31. The lowest BCUT2D eigenvalue weighted by Crippen LogP contribution is -2.55. The van der Waals surface area contributed by atoms with Gasteiger partial charge in [0.2, 0.25) is 0 Å². The highest BCUT2D eigenvalue weighted by atomic mass is 28.3. The van der Waals surface area contributed by atoms with Crippen LogP contribution in [0.2, 0.25) is 30.2 Å². The number of hydrogen-bond donors (Lipinski definition) is 0. The number of aryl methyl sites for hydroxylation is 1. The molecule has 0 fully saturated rings. The van der Waals surface area contributed by atoms with Crippen molar-refractivity contribution in [2.24, 2.45) is 7.05 Å². The Morgan fingerprint density at radius 1 is 1.09 bits per heavy atom. The molecular formula is C20H32NSi2. The molecule has 1 unspecified atom stereocenters. The molecule has 0 aliphatic carbocycles. The highest BCUT2D eigenvalue weighted by Gasteiger charge is 2.44. The molecule has 1 nitrogen and oxygen atoms in total. The van der Waals surface area contributed by atoms with Gasteiger partial charge in [-0.15, -0.1) is 0 Å². The molecule has 125 valence electrons. The average molecular weight is 343 g/mol. The first-order valence-electron chi connectivity index (χ1n) is 9.55. The van der Waals surface area contributed by atoms with E-state index in [9.17, 15) is 0 Å². The van der Waals surface area contributed by atoms with Gasteiger partial charge in [0, 0.05) is 23.3 Å². The minimum Gasteiger partial charge on any atom is -0.351 e. The summed E-state index contributed by atoms with van der Waals surface area (Å²) in [5.74, 6) is 0. The van der Waals surface area contributed by atoms with Crippen LogP contribution in [0.25, 0.3) is 10.9 Å². The number of hydrogen-bond acceptors (Lipinski definition) is 0. The zero-order valence-corrected chi connectivity index (χ0v) is 17.6. The second kappa shape index (κ2) is 6.60. The summed E-state index contributed by atoms with van der Waals surface area (Å²) in [5, 5.41) is 3.40. The Morgan fingerprint density at radius 2 is 1.74 bits per heavy atom. The maximum atomic E-state index is 2.61. The van der Waals surface area contributed by atoms with Gasteiger partial charge in [0.1, 0.15) is 8.07 Å². The van der Waals surface area contributed by atoms with E-state index in [1.165, 1.54) is 42.2 Å². The molecule has 0 spiro atoms. The first-order chi connectivity index (χ1) is 11.1. The van der Waals surface area contributed by atoms with Gasteiger partial charge in [-0.25, -0.2) is 0 Å². The van der Waals surface area contributed by atoms with E-state index in [1.807, 2.05) is 10.9 Å². The predicted octanol–water partition coefficient (Wildman–Crippen LogP) is 5.44. The third-order valence-corrected chi connectivity index (χ3v) is 15.6. The van der Waals surface area contributed by atoms with Crippen molar-refractivity contribution in [3.05, 3.63) is 29.8 Å². The van der Waals surface area contributed by atoms with E-state index in [-0.39, 0.29) is 8.80 Å². The largest absolute Gasteiger partial charge is 0.351 e. The minimum atomic E-state index is -1.31. The Hall–Kier alpha value is -0.806.